The van der Waals surface area contributed by atoms with E-state index in [2.05, 4.69) is 16.8 Å². The Labute approximate surface area is 141 Å². The van der Waals surface area contributed by atoms with Gasteiger partial charge in [-0.25, -0.2) is 0 Å². The molecule has 1 atom stereocenters. The van der Waals surface area contributed by atoms with E-state index in [9.17, 15) is 4.79 Å². The average Bonchev–Trinajstić information content (AvgIpc) is 3.15. The van der Waals surface area contributed by atoms with E-state index in [1.54, 1.807) is 16.2 Å². The Morgan fingerprint density at radius 1 is 1.22 bits per heavy atom. The van der Waals surface area contributed by atoms with Gasteiger partial charge in [0.2, 0.25) is 0 Å². The summed E-state index contributed by atoms with van der Waals surface area (Å²) in [5.74, 6) is 0.0812. The van der Waals surface area contributed by atoms with E-state index in [0.717, 1.165) is 37.1 Å². The van der Waals surface area contributed by atoms with Gasteiger partial charge in [0.1, 0.15) is 0 Å². The number of amides is 1. The second kappa shape index (κ2) is 7.75. The number of hydrogen-bond acceptors (Lipinski definition) is 3. The van der Waals surface area contributed by atoms with Crippen LogP contribution in [0.1, 0.15) is 36.0 Å². The molecule has 1 aliphatic rings. The van der Waals surface area contributed by atoms with E-state index in [1.807, 2.05) is 31.3 Å². The lowest BCUT2D eigenvalue weighted by Gasteiger charge is -2.25. The Morgan fingerprint density at radius 3 is 2.70 bits per heavy atom. The monoisotopic (exact) mass is 329 g/mol. The van der Waals surface area contributed by atoms with Crippen molar-refractivity contribution in [1.82, 2.24) is 4.90 Å². The van der Waals surface area contributed by atoms with E-state index in [-0.39, 0.29) is 5.91 Å². The zero-order valence-electron chi connectivity index (χ0n) is 13.5. The lowest BCUT2D eigenvalue weighted by molar-refractivity contribution is 0.00709. The molecule has 0 unspecified atom stereocenters. The fourth-order valence-electron chi connectivity index (χ4n) is 2.93. The minimum Gasteiger partial charge on any atom is -0.378 e. The molecule has 1 aromatic carbocycles. The Kier molecular flexibility index (Phi) is 5.47. The minimum absolute atomic E-state index is 0.0812. The molecule has 122 valence electrons. The van der Waals surface area contributed by atoms with Gasteiger partial charge in [-0.15, -0.1) is 0 Å². The van der Waals surface area contributed by atoms with Crippen LogP contribution < -0.4 is 0 Å². The molecular formula is C19H23NO2S. The molecule has 1 fully saturated rings. The van der Waals surface area contributed by atoms with Crippen LogP contribution >= 0.6 is 11.3 Å². The molecule has 0 aliphatic carbocycles. The summed E-state index contributed by atoms with van der Waals surface area (Å²) in [5.41, 5.74) is 3.11. The number of benzene rings is 1. The van der Waals surface area contributed by atoms with Crippen molar-refractivity contribution in [3.63, 3.8) is 0 Å². The standard InChI is InChI=1S/C19H23NO2S/c1-20(11-9-18-4-2-3-12-22-18)19(21)16-7-5-15(6-8-16)17-10-13-23-14-17/h5-8,10,13-14,18H,2-4,9,11-12H2,1H3/t18-/m0/s1. The third-order valence-electron chi connectivity index (χ3n) is 4.39. The van der Waals surface area contributed by atoms with Crippen LogP contribution in [0.5, 0.6) is 0 Å². The number of hydrogen-bond donors (Lipinski definition) is 0. The van der Waals surface area contributed by atoms with Crippen LogP contribution in [0.2, 0.25) is 0 Å². The normalized spacial score (nSPS) is 17.9. The van der Waals surface area contributed by atoms with Gasteiger partial charge in [-0.1, -0.05) is 12.1 Å². The Morgan fingerprint density at radius 2 is 2.04 bits per heavy atom. The maximum atomic E-state index is 12.5. The highest BCUT2D eigenvalue weighted by Gasteiger charge is 2.17. The zero-order valence-corrected chi connectivity index (χ0v) is 14.3. The van der Waals surface area contributed by atoms with E-state index < -0.39 is 0 Å². The molecule has 2 aromatic rings. The maximum Gasteiger partial charge on any atom is 0.253 e. The zero-order chi connectivity index (χ0) is 16.1. The smallest absolute Gasteiger partial charge is 0.253 e. The Balaban J connectivity index is 1.56. The Bertz CT molecular complexity index is 615. The van der Waals surface area contributed by atoms with Crippen molar-refractivity contribution in [2.75, 3.05) is 20.2 Å². The molecule has 1 amide bonds. The molecule has 1 saturated heterocycles. The molecule has 0 radical (unpaired) electrons. The van der Waals surface area contributed by atoms with Crippen molar-refractivity contribution in [3.05, 3.63) is 46.7 Å². The van der Waals surface area contributed by atoms with Gasteiger partial charge >= 0.3 is 0 Å². The molecule has 0 spiro atoms. The van der Waals surface area contributed by atoms with Gasteiger partial charge in [0, 0.05) is 25.8 Å². The lowest BCUT2D eigenvalue weighted by Crippen LogP contribution is -2.31. The summed E-state index contributed by atoms with van der Waals surface area (Å²) < 4.78 is 5.73. The summed E-state index contributed by atoms with van der Waals surface area (Å²) in [4.78, 5) is 14.3. The van der Waals surface area contributed by atoms with E-state index in [1.165, 1.54) is 18.4 Å². The molecule has 0 saturated carbocycles. The summed E-state index contributed by atoms with van der Waals surface area (Å²) in [6, 6.07) is 9.98. The number of nitrogens with zero attached hydrogens (tertiary/aromatic N) is 1. The molecule has 2 heterocycles. The van der Waals surface area contributed by atoms with Crippen molar-refractivity contribution < 1.29 is 9.53 Å². The number of carbonyl (C=O) groups is 1. The quantitative estimate of drug-likeness (QED) is 0.811. The molecule has 23 heavy (non-hydrogen) atoms. The molecular weight excluding hydrogens is 306 g/mol. The molecule has 0 N–H and O–H groups in total. The molecule has 3 rings (SSSR count). The first-order chi connectivity index (χ1) is 11.2. The van der Waals surface area contributed by atoms with E-state index in [0.29, 0.717) is 6.10 Å². The van der Waals surface area contributed by atoms with Crippen molar-refractivity contribution in [3.8, 4) is 11.1 Å². The highest BCUT2D eigenvalue weighted by atomic mass is 32.1. The molecule has 1 aliphatic heterocycles. The van der Waals surface area contributed by atoms with Crippen LogP contribution in [-0.2, 0) is 4.74 Å². The van der Waals surface area contributed by atoms with Gasteiger partial charge in [0.05, 0.1) is 6.10 Å². The topological polar surface area (TPSA) is 29.5 Å². The highest BCUT2D eigenvalue weighted by Crippen LogP contribution is 2.22. The number of ether oxygens (including phenoxy) is 1. The fraction of sp³-hybridized carbons (Fsp3) is 0.421. The van der Waals surface area contributed by atoms with E-state index >= 15 is 0 Å². The first-order valence-corrected chi connectivity index (χ1v) is 9.18. The first kappa shape index (κ1) is 16.2. The second-order valence-electron chi connectivity index (χ2n) is 6.09. The van der Waals surface area contributed by atoms with Gasteiger partial charge in [-0.2, -0.15) is 11.3 Å². The summed E-state index contributed by atoms with van der Waals surface area (Å²) in [7, 11) is 1.87. The largest absolute Gasteiger partial charge is 0.378 e. The predicted octanol–water partition coefficient (Wildman–Crippen LogP) is 4.45. The first-order valence-electron chi connectivity index (χ1n) is 8.24. The third-order valence-corrected chi connectivity index (χ3v) is 5.08. The van der Waals surface area contributed by atoms with Crippen LogP contribution in [0.3, 0.4) is 0 Å². The molecule has 0 bridgehead atoms. The van der Waals surface area contributed by atoms with Gasteiger partial charge < -0.3 is 9.64 Å². The minimum atomic E-state index is 0.0812. The highest BCUT2D eigenvalue weighted by molar-refractivity contribution is 7.08. The van der Waals surface area contributed by atoms with Gasteiger partial charge in [0.25, 0.3) is 5.91 Å². The summed E-state index contributed by atoms with van der Waals surface area (Å²) in [5, 5.41) is 4.18. The van der Waals surface area contributed by atoms with Crippen molar-refractivity contribution in [2.24, 2.45) is 0 Å². The summed E-state index contributed by atoms with van der Waals surface area (Å²) in [6.07, 6.45) is 4.78. The molecule has 4 heteroatoms. The van der Waals surface area contributed by atoms with Crippen LogP contribution in [0.15, 0.2) is 41.1 Å². The third kappa shape index (κ3) is 4.21. The molecule has 3 nitrogen and oxygen atoms in total. The molecule has 1 aromatic heterocycles. The van der Waals surface area contributed by atoms with Crippen LogP contribution in [0.4, 0.5) is 0 Å². The van der Waals surface area contributed by atoms with Crippen molar-refractivity contribution in [2.45, 2.75) is 31.8 Å². The van der Waals surface area contributed by atoms with E-state index in [4.69, 9.17) is 4.74 Å². The van der Waals surface area contributed by atoms with Gasteiger partial charge in [-0.3, -0.25) is 4.79 Å². The van der Waals surface area contributed by atoms with Gasteiger partial charge in [0.15, 0.2) is 0 Å². The Hall–Kier alpha value is -1.65. The maximum absolute atomic E-state index is 12.5. The van der Waals surface area contributed by atoms with Crippen molar-refractivity contribution >= 4 is 17.2 Å². The van der Waals surface area contributed by atoms with Crippen molar-refractivity contribution in [1.29, 1.82) is 0 Å². The predicted molar refractivity (Wildman–Crippen MR) is 94.9 cm³/mol. The number of rotatable bonds is 5. The summed E-state index contributed by atoms with van der Waals surface area (Å²) >= 11 is 1.68. The fourth-order valence-corrected chi connectivity index (χ4v) is 3.59. The van der Waals surface area contributed by atoms with Gasteiger partial charge in [-0.05, 0) is 65.8 Å². The SMILES string of the molecule is CN(CC[C@@H]1CCCCO1)C(=O)c1ccc(-c2ccsc2)cc1. The number of carbonyl (C=O) groups excluding carboxylic acids is 1. The lowest BCUT2D eigenvalue weighted by atomic mass is 10.1. The summed E-state index contributed by atoms with van der Waals surface area (Å²) in [6.45, 7) is 1.61. The van der Waals surface area contributed by atoms with Crippen LogP contribution in [0.25, 0.3) is 11.1 Å². The number of thiophene rings is 1. The van der Waals surface area contributed by atoms with Crippen LogP contribution in [-0.4, -0.2) is 37.1 Å². The second-order valence-corrected chi connectivity index (χ2v) is 6.87. The van der Waals surface area contributed by atoms with Crippen LogP contribution in [0, 0.1) is 0 Å². The average molecular weight is 329 g/mol.